The summed E-state index contributed by atoms with van der Waals surface area (Å²) in [5.41, 5.74) is 0.321. The van der Waals surface area contributed by atoms with E-state index in [4.69, 9.17) is 4.74 Å². The highest BCUT2D eigenvalue weighted by atomic mass is 32.1. The van der Waals surface area contributed by atoms with E-state index >= 15 is 0 Å². The van der Waals surface area contributed by atoms with Crippen molar-refractivity contribution in [1.29, 1.82) is 0 Å². The van der Waals surface area contributed by atoms with Crippen LogP contribution >= 0.6 is 11.3 Å². The average Bonchev–Trinajstić information content (AvgIpc) is 2.90. The van der Waals surface area contributed by atoms with Crippen molar-refractivity contribution < 1.29 is 9.53 Å². The minimum Gasteiger partial charge on any atom is -0.461 e. The zero-order valence-electron chi connectivity index (χ0n) is 9.51. The molecule has 0 spiro atoms. The van der Waals surface area contributed by atoms with E-state index in [0.29, 0.717) is 17.4 Å². The van der Waals surface area contributed by atoms with Crippen LogP contribution in [-0.4, -0.2) is 27.3 Å². The maximum atomic E-state index is 11.4. The van der Waals surface area contributed by atoms with E-state index < -0.39 is 5.97 Å². The van der Waals surface area contributed by atoms with Crippen LogP contribution in [0.25, 0.3) is 0 Å². The minimum atomic E-state index is -0.401. The van der Waals surface area contributed by atoms with Gasteiger partial charge >= 0.3 is 5.97 Å². The average molecular weight is 252 g/mol. The molecular weight excluding hydrogens is 240 g/mol. The lowest BCUT2D eigenvalue weighted by atomic mass is 10.5. The highest BCUT2D eigenvalue weighted by Crippen LogP contribution is 2.20. The van der Waals surface area contributed by atoms with E-state index in [-0.39, 0.29) is 0 Å². The lowest BCUT2D eigenvalue weighted by Gasteiger charge is -2.01. The summed E-state index contributed by atoms with van der Waals surface area (Å²) in [6, 6.07) is 1.82. The van der Waals surface area contributed by atoms with Crippen molar-refractivity contribution in [1.82, 2.24) is 14.8 Å². The van der Waals surface area contributed by atoms with Gasteiger partial charge in [-0.3, -0.25) is 4.68 Å². The van der Waals surface area contributed by atoms with Gasteiger partial charge in [-0.2, -0.15) is 5.10 Å². The summed E-state index contributed by atoms with van der Waals surface area (Å²) in [4.78, 5) is 15.5. The summed E-state index contributed by atoms with van der Waals surface area (Å²) >= 11 is 1.35. The fraction of sp³-hybridized carbons (Fsp3) is 0.300. The van der Waals surface area contributed by atoms with Crippen LogP contribution in [-0.2, 0) is 11.8 Å². The van der Waals surface area contributed by atoms with Crippen LogP contribution in [0.5, 0.6) is 0 Å². The van der Waals surface area contributed by atoms with Crippen LogP contribution in [0.15, 0.2) is 17.6 Å². The molecule has 0 amide bonds. The second kappa shape index (κ2) is 4.96. The first-order chi connectivity index (χ1) is 8.20. The summed E-state index contributed by atoms with van der Waals surface area (Å²) in [7, 11) is 1.82. The summed E-state index contributed by atoms with van der Waals surface area (Å²) in [6.07, 6.45) is 1.68. The van der Waals surface area contributed by atoms with Crippen molar-refractivity contribution in [2.45, 2.75) is 6.92 Å². The van der Waals surface area contributed by atoms with Crippen LogP contribution in [0.4, 0.5) is 10.9 Å². The summed E-state index contributed by atoms with van der Waals surface area (Å²) in [5, 5.41) is 9.39. The molecule has 6 nitrogen and oxygen atoms in total. The largest absolute Gasteiger partial charge is 0.461 e. The molecule has 2 heterocycles. The van der Waals surface area contributed by atoms with E-state index in [2.05, 4.69) is 15.4 Å². The van der Waals surface area contributed by atoms with E-state index in [1.165, 1.54) is 11.3 Å². The predicted molar refractivity (Wildman–Crippen MR) is 64.6 cm³/mol. The molecule has 2 aromatic heterocycles. The van der Waals surface area contributed by atoms with Gasteiger partial charge in [-0.1, -0.05) is 0 Å². The number of rotatable bonds is 4. The zero-order valence-corrected chi connectivity index (χ0v) is 10.3. The highest BCUT2D eigenvalue weighted by Gasteiger charge is 2.12. The Hall–Kier alpha value is -1.89. The summed E-state index contributed by atoms with van der Waals surface area (Å²) in [5.74, 6) is 0.413. The van der Waals surface area contributed by atoms with Crippen molar-refractivity contribution in [2.24, 2.45) is 7.05 Å². The first-order valence-corrected chi connectivity index (χ1v) is 5.96. The fourth-order valence-electron chi connectivity index (χ4n) is 1.24. The Labute approximate surface area is 102 Å². The number of aryl methyl sites for hydroxylation is 1. The zero-order chi connectivity index (χ0) is 12.3. The van der Waals surface area contributed by atoms with Gasteiger partial charge in [0.1, 0.15) is 5.82 Å². The Morgan fingerprint density at radius 1 is 1.65 bits per heavy atom. The standard InChI is InChI=1S/C10H12N4O2S/c1-3-16-9(15)7-6-17-10(12-7)13-8-4-5-11-14(8)2/h4-6H,3H2,1-2H3,(H,12,13). The Bertz CT molecular complexity index is 520. The lowest BCUT2D eigenvalue weighted by Crippen LogP contribution is -2.05. The second-order valence-corrected chi connectivity index (χ2v) is 4.08. The van der Waals surface area contributed by atoms with Crippen LogP contribution in [0.1, 0.15) is 17.4 Å². The number of ether oxygens (including phenoxy) is 1. The van der Waals surface area contributed by atoms with E-state index in [9.17, 15) is 4.79 Å². The number of aromatic nitrogens is 3. The molecule has 0 aliphatic heterocycles. The molecule has 1 N–H and O–H groups in total. The predicted octanol–water partition coefficient (Wildman–Crippen LogP) is 1.80. The van der Waals surface area contributed by atoms with Gasteiger partial charge in [-0.05, 0) is 6.92 Å². The molecule has 0 unspecified atom stereocenters. The SMILES string of the molecule is CCOC(=O)c1csc(Nc2ccnn2C)n1. The van der Waals surface area contributed by atoms with Crippen molar-refractivity contribution in [3.8, 4) is 0 Å². The number of anilines is 2. The molecule has 0 aromatic carbocycles. The van der Waals surface area contributed by atoms with E-state index in [1.54, 1.807) is 23.2 Å². The normalized spacial score (nSPS) is 10.2. The molecule has 17 heavy (non-hydrogen) atoms. The number of nitrogens with one attached hydrogen (secondary N) is 1. The summed E-state index contributed by atoms with van der Waals surface area (Å²) < 4.78 is 6.55. The molecule has 0 bridgehead atoms. The molecule has 90 valence electrons. The van der Waals surface area contributed by atoms with E-state index in [0.717, 1.165) is 5.82 Å². The molecule has 0 saturated heterocycles. The van der Waals surface area contributed by atoms with Gasteiger partial charge in [0.25, 0.3) is 0 Å². The first kappa shape index (κ1) is 11.6. The third kappa shape index (κ3) is 2.62. The summed E-state index contributed by atoms with van der Waals surface area (Å²) in [6.45, 7) is 2.11. The molecule has 0 aliphatic rings. The monoisotopic (exact) mass is 252 g/mol. The van der Waals surface area contributed by atoms with Crippen molar-refractivity contribution in [3.63, 3.8) is 0 Å². The molecular formula is C10H12N4O2S. The molecule has 0 fully saturated rings. The highest BCUT2D eigenvalue weighted by molar-refractivity contribution is 7.14. The topological polar surface area (TPSA) is 69.0 Å². The van der Waals surface area contributed by atoms with Crippen molar-refractivity contribution >= 4 is 28.3 Å². The minimum absolute atomic E-state index is 0.321. The molecule has 7 heteroatoms. The van der Waals surface area contributed by atoms with Crippen LogP contribution in [0.3, 0.4) is 0 Å². The maximum absolute atomic E-state index is 11.4. The Kier molecular flexibility index (Phi) is 3.38. The quantitative estimate of drug-likeness (QED) is 0.840. The maximum Gasteiger partial charge on any atom is 0.357 e. The van der Waals surface area contributed by atoms with Gasteiger partial charge in [0.05, 0.1) is 12.8 Å². The fourth-order valence-corrected chi connectivity index (χ4v) is 1.92. The number of carbonyl (C=O) groups excluding carboxylic acids is 1. The van der Waals surface area contributed by atoms with Gasteiger partial charge in [0, 0.05) is 18.5 Å². The van der Waals surface area contributed by atoms with Crippen molar-refractivity contribution in [3.05, 3.63) is 23.3 Å². The molecule has 0 saturated carbocycles. The smallest absolute Gasteiger partial charge is 0.357 e. The molecule has 0 atom stereocenters. The molecule has 2 aromatic rings. The Morgan fingerprint density at radius 3 is 3.12 bits per heavy atom. The number of hydrogen-bond acceptors (Lipinski definition) is 6. The van der Waals surface area contributed by atoms with Crippen LogP contribution < -0.4 is 5.32 Å². The first-order valence-electron chi connectivity index (χ1n) is 5.08. The third-order valence-corrected chi connectivity index (χ3v) is 2.80. The lowest BCUT2D eigenvalue weighted by molar-refractivity contribution is 0.0520. The van der Waals surface area contributed by atoms with Gasteiger partial charge in [0.15, 0.2) is 10.8 Å². The van der Waals surface area contributed by atoms with Gasteiger partial charge in [-0.25, -0.2) is 9.78 Å². The molecule has 0 aliphatic carbocycles. The number of thiazole rings is 1. The van der Waals surface area contributed by atoms with E-state index in [1.807, 2.05) is 13.1 Å². The van der Waals surface area contributed by atoms with Crippen LogP contribution in [0, 0.1) is 0 Å². The molecule has 2 rings (SSSR count). The number of hydrogen-bond donors (Lipinski definition) is 1. The number of nitrogens with zero attached hydrogens (tertiary/aromatic N) is 3. The van der Waals surface area contributed by atoms with Crippen LogP contribution in [0.2, 0.25) is 0 Å². The second-order valence-electron chi connectivity index (χ2n) is 3.22. The van der Waals surface area contributed by atoms with Crippen molar-refractivity contribution in [2.75, 3.05) is 11.9 Å². The Morgan fingerprint density at radius 2 is 2.47 bits per heavy atom. The third-order valence-electron chi connectivity index (χ3n) is 2.04. The van der Waals surface area contributed by atoms with Gasteiger partial charge in [0.2, 0.25) is 0 Å². The van der Waals surface area contributed by atoms with Gasteiger partial charge < -0.3 is 10.1 Å². The number of carbonyl (C=O) groups is 1. The number of esters is 1. The van der Waals surface area contributed by atoms with Gasteiger partial charge in [-0.15, -0.1) is 11.3 Å². The molecule has 0 radical (unpaired) electrons. The Balaban J connectivity index is 2.09.